The molecule has 0 saturated heterocycles. The first-order valence-corrected chi connectivity index (χ1v) is 5.63. The van der Waals surface area contributed by atoms with Crippen LogP contribution in [0.3, 0.4) is 0 Å². The van der Waals surface area contributed by atoms with E-state index >= 15 is 0 Å². The van der Waals surface area contributed by atoms with Crippen molar-refractivity contribution in [2.75, 3.05) is 6.07 Å². The summed E-state index contributed by atoms with van der Waals surface area (Å²) in [6, 6.07) is -0.117. The van der Waals surface area contributed by atoms with Gasteiger partial charge in [-0.3, -0.25) is 0 Å². The fourth-order valence-corrected chi connectivity index (χ4v) is 2.11. The van der Waals surface area contributed by atoms with E-state index in [0.29, 0.717) is 0 Å². The zero-order chi connectivity index (χ0) is 10.9. The maximum Gasteiger partial charge on any atom is 0.162 e. The summed E-state index contributed by atoms with van der Waals surface area (Å²) in [5.74, 6) is 0.128. The van der Waals surface area contributed by atoms with Crippen LogP contribution in [0.2, 0.25) is 25.1 Å². The van der Waals surface area contributed by atoms with Gasteiger partial charge < -0.3 is 4.74 Å². The van der Waals surface area contributed by atoms with Crippen molar-refractivity contribution in [3.8, 4) is 5.75 Å². The van der Waals surface area contributed by atoms with Crippen molar-refractivity contribution < 1.29 is 4.74 Å². The molecule has 0 aliphatic carbocycles. The standard InChI is InChI=1S/C7H2Cl6O/c8-1-14-7-5(12)3(10)2(9)4(11)6(7)13/h1H2. The fraction of sp³-hybridized carbons (Fsp3) is 0.143. The molecule has 0 fully saturated rings. The quantitative estimate of drug-likeness (QED) is 0.396. The van der Waals surface area contributed by atoms with Crippen molar-refractivity contribution in [2.45, 2.75) is 0 Å². The molecule has 0 bridgehead atoms. The Bertz CT molecular complexity index is 335. The topological polar surface area (TPSA) is 9.23 Å². The van der Waals surface area contributed by atoms with Crippen LogP contribution in [0.5, 0.6) is 5.75 Å². The van der Waals surface area contributed by atoms with Crippen LogP contribution in [-0.2, 0) is 0 Å². The summed E-state index contributed by atoms with van der Waals surface area (Å²) < 4.78 is 4.96. The lowest BCUT2D eigenvalue weighted by molar-refractivity contribution is 0.388. The molecule has 1 rings (SSSR count). The van der Waals surface area contributed by atoms with E-state index in [2.05, 4.69) is 0 Å². The summed E-state index contributed by atoms with van der Waals surface area (Å²) in [6.45, 7) is 0. The van der Waals surface area contributed by atoms with Gasteiger partial charge in [0.05, 0.1) is 15.1 Å². The number of alkyl halides is 1. The van der Waals surface area contributed by atoms with Crippen molar-refractivity contribution in [3.63, 3.8) is 0 Å². The highest BCUT2D eigenvalue weighted by molar-refractivity contribution is 6.55. The molecular weight excluding hydrogens is 313 g/mol. The predicted octanol–water partition coefficient (Wildman–Crippen LogP) is 5.53. The molecule has 0 aromatic heterocycles. The average molecular weight is 315 g/mol. The molecule has 0 N–H and O–H groups in total. The van der Waals surface area contributed by atoms with Crippen molar-refractivity contribution in [1.29, 1.82) is 0 Å². The summed E-state index contributed by atoms with van der Waals surface area (Å²) in [6.07, 6.45) is 0. The van der Waals surface area contributed by atoms with Gasteiger partial charge in [-0.25, -0.2) is 0 Å². The van der Waals surface area contributed by atoms with Crippen LogP contribution < -0.4 is 4.74 Å². The number of rotatable bonds is 2. The maximum absolute atomic E-state index is 5.81. The molecule has 0 heterocycles. The molecule has 0 amide bonds. The first-order chi connectivity index (χ1) is 6.50. The third-order valence-corrected chi connectivity index (χ3v) is 3.72. The van der Waals surface area contributed by atoms with Crippen LogP contribution >= 0.6 is 69.6 Å². The van der Waals surface area contributed by atoms with E-state index in [4.69, 9.17) is 74.3 Å². The van der Waals surface area contributed by atoms with Crippen LogP contribution in [0.15, 0.2) is 0 Å². The van der Waals surface area contributed by atoms with Crippen LogP contribution in [0.25, 0.3) is 0 Å². The molecule has 14 heavy (non-hydrogen) atoms. The SMILES string of the molecule is ClCOc1c(Cl)c(Cl)c(Cl)c(Cl)c1Cl. The molecule has 0 saturated carbocycles. The molecule has 1 aromatic carbocycles. The van der Waals surface area contributed by atoms with E-state index in [1.54, 1.807) is 0 Å². The van der Waals surface area contributed by atoms with Gasteiger partial charge in [0.25, 0.3) is 0 Å². The number of hydrogen-bond donors (Lipinski definition) is 0. The zero-order valence-electron chi connectivity index (χ0n) is 6.38. The highest BCUT2D eigenvalue weighted by Gasteiger charge is 2.20. The normalized spacial score (nSPS) is 10.4. The largest absolute Gasteiger partial charge is 0.475 e. The summed E-state index contributed by atoms with van der Waals surface area (Å²) >= 11 is 34.3. The Kier molecular flexibility index (Phi) is 4.76. The third-order valence-electron chi connectivity index (χ3n) is 1.37. The molecule has 7 heteroatoms. The van der Waals surface area contributed by atoms with Crippen molar-refractivity contribution >= 4 is 69.6 Å². The minimum atomic E-state index is -0.117. The van der Waals surface area contributed by atoms with E-state index in [9.17, 15) is 0 Å². The van der Waals surface area contributed by atoms with Gasteiger partial charge in [0.2, 0.25) is 0 Å². The lowest BCUT2D eigenvalue weighted by Crippen LogP contribution is -1.93. The van der Waals surface area contributed by atoms with Crippen LogP contribution in [0, 0.1) is 0 Å². The van der Waals surface area contributed by atoms with Crippen LogP contribution in [-0.4, -0.2) is 6.07 Å². The number of ether oxygens (including phenoxy) is 1. The number of benzene rings is 1. The van der Waals surface area contributed by atoms with E-state index in [1.807, 2.05) is 0 Å². The molecule has 0 aliphatic heterocycles. The minimum Gasteiger partial charge on any atom is -0.475 e. The van der Waals surface area contributed by atoms with Gasteiger partial charge in [-0.1, -0.05) is 69.6 Å². The lowest BCUT2D eigenvalue weighted by Gasteiger charge is -2.11. The van der Waals surface area contributed by atoms with Crippen LogP contribution in [0.4, 0.5) is 0 Å². The van der Waals surface area contributed by atoms with E-state index < -0.39 is 0 Å². The van der Waals surface area contributed by atoms with Gasteiger partial charge in [0.1, 0.15) is 10.0 Å². The number of halogens is 6. The second-order valence-corrected chi connectivity index (χ2v) is 4.26. The van der Waals surface area contributed by atoms with Gasteiger partial charge in [-0.05, 0) is 0 Å². The Morgan fingerprint density at radius 2 is 1.07 bits per heavy atom. The van der Waals surface area contributed by atoms with E-state index in [1.165, 1.54) is 0 Å². The molecule has 0 radical (unpaired) electrons. The Morgan fingerprint density at radius 3 is 1.43 bits per heavy atom. The van der Waals surface area contributed by atoms with Gasteiger partial charge in [-0.15, -0.1) is 0 Å². The van der Waals surface area contributed by atoms with Crippen molar-refractivity contribution in [3.05, 3.63) is 25.1 Å². The molecule has 1 aromatic rings. The molecule has 0 atom stereocenters. The average Bonchev–Trinajstić information content (AvgIpc) is 2.19. The summed E-state index contributed by atoms with van der Waals surface area (Å²) in [7, 11) is 0. The molecular formula is C7H2Cl6O. The Morgan fingerprint density at radius 1 is 0.714 bits per heavy atom. The first kappa shape index (κ1) is 12.8. The maximum atomic E-state index is 5.81. The summed E-state index contributed by atoms with van der Waals surface area (Å²) in [5.41, 5.74) is 0. The van der Waals surface area contributed by atoms with Gasteiger partial charge in [-0.2, -0.15) is 0 Å². The Hall–Kier alpha value is 0.760. The summed E-state index contributed by atoms with van der Waals surface area (Å²) in [4.78, 5) is 0. The molecule has 78 valence electrons. The Labute approximate surface area is 111 Å². The van der Waals surface area contributed by atoms with Gasteiger partial charge in [0.15, 0.2) is 11.8 Å². The number of hydrogen-bond acceptors (Lipinski definition) is 1. The monoisotopic (exact) mass is 312 g/mol. The van der Waals surface area contributed by atoms with Gasteiger partial charge in [0, 0.05) is 0 Å². The smallest absolute Gasteiger partial charge is 0.162 e. The first-order valence-electron chi connectivity index (χ1n) is 3.20. The van der Waals surface area contributed by atoms with E-state index in [-0.39, 0.29) is 36.9 Å². The molecule has 1 nitrogen and oxygen atoms in total. The van der Waals surface area contributed by atoms with Gasteiger partial charge >= 0.3 is 0 Å². The van der Waals surface area contributed by atoms with Crippen LogP contribution in [0.1, 0.15) is 0 Å². The minimum absolute atomic E-state index is 0.0860. The predicted molar refractivity (Wildman–Crippen MR) is 62.8 cm³/mol. The summed E-state index contributed by atoms with van der Waals surface area (Å²) in [5, 5.41) is 0.439. The Balaban J connectivity index is 3.43. The third kappa shape index (κ3) is 2.29. The van der Waals surface area contributed by atoms with Crippen molar-refractivity contribution in [2.24, 2.45) is 0 Å². The van der Waals surface area contributed by atoms with Crippen molar-refractivity contribution in [1.82, 2.24) is 0 Å². The molecule has 0 spiro atoms. The zero-order valence-corrected chi connectivity index (χ0v) is 10.9. The molecule has 0 aliphatic rings. The van der Waals surface area contributed by atoms with E-state index in [0.717, 1.165) is 0 Å². The molecule has 0 unspecified atom stereocenters. The second kappa shape index (κ2) is 5.20. The highest BCUT2D eigenvalue weighted by Crippen LogP contribution is 2.48. The highest BCUT2D eigenvalue weighted by atomic mass is 35.5. The second-order valence-electron chi connectivity index (χ2n) is 2.15. The lowest BCUT2D eigenvalue weighted by atomic mass is 10.3. The fourth-order valence-electron chi connectivity index (χ4n) is 0.766.